The quantitative estimate of drug-likeness (QED) is 0.547. The van der Waals surface area contributed by atoms with Crippen LogP contribution in [0.2, 0.25) is 5.02 Å². The molecule has 9 heteroatoms. The molecule has 1 aliphatic heterocycles. The van der Waals surface area contributed by atoms with Gasteiger partial charge in [-0.1, -0.05) is 23.4 Å². The lowest BCUT2D eigenvalue weighted by molar-refractivity contribution is -0.127. The molecule has 1 N–H and O–H groups in total. The molecule has 0 spiro atoms. The van der Waals surface area contributed by atoms with Crippen molar-refractivity contribution in [1.29, 1.82) is 0 Å². The van der Waals surface area contributed by atoms with Crippen molar-refractivity contribution in [2.45, 2.75) is 24.5 Å². The molecule has 0 radical (unpaired) electrons. The minimum Gasteiger partial charge on any atom is -0.411 e. The second kappa shape index (κ2) is 9.05. The van der Waals surface area contributed by atoms with Gasteiger partial charge in [0.15, 0.2) is 0 Å². The molecule has 0 atom stereocenters. The van der Waals surface area contributed by atoms with E-state index in [1.807, 2.05) is 4.90 Å². The molecule has 1 saturated heterocycles. The first kappa shape index (κ1) is 18.7. The number of rotatable bonds is 8. The molecule has 2 amide bonds. The summed E-state index contributed by atoms with van der Waals surface area (Å²) in [6.45, 7) is 2.07. The number of amides is 2. The molecule has 1 aromatic heterocycles. The third kappa shape index (κ3) is 5.22. The van der Waals surface area contributed by atoms with E-state index in [0.717, 1.165) is 24.9 Å². The zero-order chi connectivity index (χ0) is 18.4. The molecular formula is C17H19ClN4O3S. The van der Waals surface area contributed by atoms with Crippen molar-refractivity contribution in [2.75, 3.05) is 25.4 Å². The van der Waals surface area contributed by atoms with Crippen molar-refractivity contribution in [3.8, 4) is 11.5 Å². The highest BCUT2D eigenvalue weighted by Crippen LogP contribution is 2.24. The molecule has 2 aromatic rings. The Bertz CT molecular complexity index is 766. The number of carbonyl (C=O) groups excluding carboxylic acids is 2. The topological polar surface area (TPSA) is 88.3 Å². The minimum absolute atomic E-state index is 0.103. The molecule has 0 unspecified atom stereocenters. The SMILES string of the molecule is O=C(CSc1nnc(-c2ccc(Cl)cc2)o1)NCCCN1CCCC1=O. The van der Waals surface area contributed by atoms with Gasteiger partial charge < -0.3 is 14.6 Å². The molecule has 138 valence electrons. The average Bonchev–Trinajstić information content (AvgIpc) is 3.27. The van der Waals surface area contributed by atoms with E-state index >= 15 is 0 Å². The standard InChI is InChI=1S/C17H19ClN4O3S/c18-13-6-4-12(5-7-13)16-20-21-17(25-16)26-11-14(23)19-8-2-10-22-9-1-3-15(22)24/h4-7H,1-3,8-11H2,(H,19,23). The van der Waals surface area contributed by atoms with Gasteiger partial charge in [-0.25, -0.2) is 0 Å². The number of nitrogens with one attached hydrogen (secondary N) is 1. The van der Waals surface area contributed by atoms with Crippen LogP contribution in [-0.2, 0) is 9.59 Å². The van der Waals surface area contributed by atoms with Crippen LogP contribution in [0.3, 0.4) is 0 Å². The summed E-state index contributed by atoms with van der Waals surface area (Å²) in [7, 11) is 0. The first-order chi connectivity index (χ1) is 12.6. The van der Waals surface area contributed by atoms with E-state index in [4.69, 9.17) is 16.0 Å². The highest BCUT2D eigenvalue weighted by atomic mass is 35.5. The molecule has 0 aliphatic carbocycles. The Balaban J connectivity index is 1.36. The Morgan fingerprint density at radius 2 is 2.12 bits per heavy atom. The molecule has 3 rings (SSSR count). The van der Waals surface area contributed by atoms with Crippen molar-refractivity contribution < 1.29 is 14.0 Å². The van der Waals surface area contributed by atoms with Crippen LogP contribution in [0.1, 0.15) is 19.3 Å². The van der Waals surface area contributed by atoms with Gasteiger partial charge in [0.1, 0.15) is 0 Å². The van der Waals surface area contributed by atoms with Crippen LogP contribution in [-0.4, -0.2) is 52.3 Å². The summed E-state index contributed by atoms with van der Waals surface area (Å²) in [5.41, 5.74) is 0.773. The van der Waals surface area contributed by atoms with Crippen molar-refractivity contribution in [1.82, 2.24) is 20.4 Å². The van der Waals surface area contributed by atoms with Gasteiger partial charge in [0.2, 0.25) is 17.7 Å². The highest BCUT2D eigenvalue weighted by Gasteiger charge is 2.19. The van der Waals surface area contributed by atoms with Gasteiger partial charge in [0.25, 0.3) is 5.22 Å². The van der Waals surface area contributed by atoms with Crippen molar-refractivity contribution in [2.24, 2.45) is 0 Å². The van der Waals surface area contributed by atoms with Crippen LogP contribution < -0.4 is 5.32 Å². The Kier molecular flexibility index (Phi) is 6.51. The lowest BCUT2D eigenvalue weighted by Crippen LogP contribution is -2.31. The summed E-state index contributed by atoms with van der Waals surface area (Å²) in [6.07, 6.45) is 2.33. The fourth-order valence-electron chi connectivity index (χ4n) is 2.59. The fraction of sp³-hybridized carbons (Fsp3) is 0.412. The zero-order valence-electron chi connectivity index (χ0n) is 14.1. The second-order valence-corrected chi connectivity index (χ2v) is 7.22. The van der Waals surface area contributed by atoms with E-state index < -0.39 is 0 Å². The van der Waals surface area contributed by atoms with Crippen LogP contribution in [0.15, 0.2) is 33.9 Å². The molecule has 26 heavy (non-hydrogen) atoms. The molecule has 1 aliphatic rings. The number of halogens is 1. The fourth-order valence-corrected chi connectivity index (χ4v) is 3.31. The predicted molar refractivity (Wildman–Crippen MR) is 98.9 cm³/mol. The van der Waals surface area contributed by atoms with E-state index in [-0.39, 0.29) is 17.6 Å². The third-order valence-electron chi connectivity index (χ3n) is 3.92. The van der Waals surface area contributed by atoms with Crippen LogP contribution in [0.4, 0.5) is 0 Å². The number of nitrogens with zero attached hydrogens (tertiary/aromatic N) is 3. The number of thioether (sulfide) groups is 1. The van der Waals surface area contributed by atoms with Crippen LogP contribution in [0, 0.1) is 0 Å². The van der Waals surface area contributed by atoms with Crippen LogP contribution in [0.25, 0.3) is 11.5 Å². The molecular weight excluding hydrogens is 376 g/mol. The van der Waals surface area contributed by atoms with Gasteiger partial charge in [0.05, 0.1) is 5.75 Å². The molecule has 1 aromatic carbocycles. The molecule has 7 nitrogen and oxygen atoms in total. The number of hydrogen-bond donors (Lipinski definition) is 1. The maximum absolute atomic E-state index is 11.9. The summed E-state index contributed by atoms with van der Waals surface area (Å²) in [6, 6.07) is 7.08. The number of carbonyl (C=O) groups is 2. The second-order valence-electron chi connectivity index (χ2n) is 5.86. The van der Waals surface area contributed by atoms with Crippen LogP contribution in [0.5, 0.6) is 0 Å². The highest BCUT2D eigenvalue weighted by molar-refractivity contribution is 7.99. The van der Waals surface area contributed by atoms with Crippen LogP contribution >= 0.6 is 23.4 Å². The summed E-state index contributed by atoms with van der Waals surface area (Å²) < 4.78 is 5.54. The van der Waals surface area contributed by atoms with E-state index in [1.165, 1.54) is 11.8 Å². The monoisotopic (exact) mass is 394 g/mol. The first-order valence-corrected chi connectivity index (χ1v) is 9.75. The van der Waals surface area contributed by atoms with Crippen molar-refractivity contribution in [3.05, 3.63) is 29.3 Å². The maximum Gasteiger partial charge on any atom is 0.277 e. The predicted octanol–water partition coefficient (Wildman–Crippen LogP) is 2.61. The van der Waals surface area contributed by atoms with E-state index in [9.17, 15) is 9.59 Å². The van der Waals surface area contributed by atoms with E-state index in [1.54, 1.807) is 24.3 Å². The zero-order valence-corrected chi connectivity index (χ0v) is 15.7. The number of hydrogen-bond acceptors (Lipinski definition) is 6. The summed E-state index contributed by atoms with van der Waals surface area (Å²) in [5, 5.41) is 11.7. The van der Waals surface area contributed by atoms with E-state index in [0.29, 0.717) is 35.6 Å². The van der Waals surface area contributed by atoms with Crippen molar-refractivity contribution >= 4 is 35.2 Å². The van der Waals surface area contributed by atoms with E-state index in [2.05, 4.69) is 15.5 Å². The average molecular weight is 395 g/mol. The molecule has 0 saturated carbocycles. The smallest absolute Gasteiger partial charge is 0.277 e. The van der Waals surface area contributed by atoms with Gasteiger partial charge in [-0.15, -0.1) is 10.2 Å². The number of benzene rings is 1. The van der Waals surface area contributed by atoms with Gasteiger partial charge in [-0.3, -0.25) is 9.59 Å². The van der Waals surface area contributed by atoms with Crippen molar-refractivity contribution in [3.63, 3.8) is 0 Å². The number of aromatic nitrogens is 2. The summed E-state index contributed by atoms with van der Waals surface area (Å²) >= 11 is 7.04. The summed E-state index contributed by atoms with van der Waals surface area (Å²) in [5.74, 6) is 0.693. The van der Waals surface area contributed by atoms with Gasteiger partial charge in [-0.2, -0.15) is 0 Å². The Hall–Kier alpha value is -2.06. The largest absolute Gasteiger partial charge is 0.411 e. The van der Waals surface area contributed by atoms with Gasteiger partial charge in [-0.05, 0) is 37.1 Å². The summed E-state index contributed by atoms with van der Waals surface area (Å²) in [4.78, 5) is 25.2. The lowest BCUT2D eigenvalue weighted by Gasteiger charge is -2.15. The maximum atomic E-state index is 11.9. The molecule has 2 heterocycles. The lowest BCUT2D eigenvalue weighted by atomic mass is 10.2. The minimum atomic E-state index is -0.103. The molecule has 1 fully saturated rings. The Morgan fingerprint density at radius 1 is 1.31 bits per heavy atom. The first-order valence-electron chi connectivity index (χ1n) is 8.38. The molecule has 0 bridgehead atoms. The Morgan fingerprint density at radius 3 is 2.85 bits per heavy atom. The van der Waals surface area contributed by atoms with Gasteiger partial charge in [0, 0.05) is 36.6 Å². The third-order valence-corrected chi connectivity index (χ3v) is 4.99. The Labute approximate surface area is 160 Å². The number of likely N-dealkylation sites (tertiary alicyclic amines) is 1. The van der Waals surface area contributed by atoms with Gasteiger partial charge >= 0.3 is 0 Å². The normalized spacial score (nSPS) is 14.0.